The lowest BCUT2D eigenvalue weighted by molar-refractivity contribution is 0.102. The molecule has 21 heavy (non-hydrogen) atoms. The van der Waals surface area contributed by atoms with E-state index in [4.69, 9.17) is 11.6 Å². The largest absolute Gasteiger partial charge is 0.322 e. The minimum Gasteiger partial charge on any atom is -0.322 e. The molecule has 3 rings (SSSR count). The molecule has 0 atom stereocenters. The number of hydrogen-bond donors (Lipinski definition) is 1. The van der Waals surface area contributed by atoms with Crippen molar-refractivity contribution in [2.75, 3.05) is 5.32 Å². The molecule has 0 spiro atoms. The number of pyridine rings is 1. The molecular weight excluding hydrogens is 290 g/mol. The SMILES string of the molecule is O=C(Nc1ccncc1)c1ccc(-n2cnnc2)cc1Cl. The van der Waals surface area contributed by atoms with Gasteiger partial charge in [-0.2, -0.15) is 0 Å². The first-order valence-corrected chi connectivity index (χ1v) is 6.48. The molecular formula is C14H10ClN5O. The summed E-state index contributed by atoms with van der Waals surface area (Å²) in [6.07, 6.45) is 6.32. The number of benzene rings is 1. The molecule has 0 aliphatic rings. The van der Waals surface area contributed by atoms with E-state index < -0.39 is 0 Å². The van der Waals surface area contributed by atoms with Gasteiger partial charge in [-0.25, -0.2) is 0 Å². The zero-order valence-corrected chi connectivity index (χ0v) is 11.5. The van der Waals surface area contributed by atoms with Crippen LogP contribution in [0.2, 0.25) is 5.02 Å². The number of hydrogen-bond acceptors (Lipinski definition) is 4. The molecule has 1 aromatic carbocycles. The molecule has 0 unspecified atom stereocenters. The Kier molecular flexibility index (Phi) is 3.61. The Balaban J connectivity index is 1.84. The van der Waals surface area contributed by atoms with E-state index in [1.165, 1.54) is 0 Å². The number of aromatic nitrogens is 4. The summed E-state index contributed by atoms with van der Waals surface area (Å²) >= 11 is 6.18. The summed E-state index contributed by atoms with van der Waals surface area (Å²) < 4.78 is 1.70. The fourth-order valence-electron chi connectivity index (χ4n) is 1.82. The number of rotatable bonds is 3. The van der Waals surface area contributed by atoms with Crippen LogP contribution < -0.4 is 5.32 Å². The van der Waals surface area contributed by atoms with Crippen LogP contribution in [0, 0.1) is 0 Å². The van der Waals surface area contributed by atoms with Crippen molar-refractivity contribution in [2.45, 2.75) is 0 Å². The van der Waals surface area contributed by atoms with Crippen molar-refractivity contribution in [1.29, 1.82) is 0 Å². The first-order valence-electron chi connectivity index (χ1n) is 6.10. The summed E-state index contributed by atoms with van der Waals surface area (Å²) in [5, 5.41) is 10.6. The molecule has 6 nitrogen and oxygen atoms in total. The van der Waals surface area contributed by atoms with Gasteiger partial charge in [0.15, 0.2) is 0 Å². The predicted molar refractivity (Wildman–Crippen MR) is 78.6 cm³/mol. The van der Waals surface area contributed by atoms with Crippen LogP contribution in [0.5, 0.6) is 0 Å². The Labute approximate surface area is 125 Å². The van der Waals surface area contributed by atoms with Crippen LogP contribution in [0.1, 0.15) is 10.4 Å². The van der Waals surface area contributed by atoms with Gasteiger partial charge in [-0.3, -0.25) is 14.3 Å². The number of nitrogens with one attached hydrogen (secondary N) is 1. The second kappa shape index (κ2) is 5.72. The highest BCUT2D eigenvalue weighted by atomic mass is 35.5. The van der Waals surface area contributed by atoms with Gasteiger partial charge in [0.05, 0.1) is 10.6 Å². The molecule has 1 N–H and O–H groups in total. The second-order valence-corrected chi connectivity index (χ2v) is 4.63. The first kappa shape index (κ1) is 13.3. The van der Waals surface area contributed by atoms with Crippen molar-refractivity contribution in [3.63, 3.8) is 0 Å². The van der Waals surface area contributed by atoms with Crippen molar-refractivity contribution >= 4 is 23.2 Å². The summed E-state index contributed by atoms with van der Waals surface area (Å²) in [5.74, 6) is -0.276. The minimum absolute atomic E-state index is 0.276. The van der Waals surface area contributed by atoms with Crippen molar-refractivity contribution < 1.29 is 4.79 Å². The van der Waals surface area contributed by atoms with E-state index in [1.54, 1.807) is 59.9 Å². The van der Waals surface area contributed by atoms with Gasteiger partial charge in [0.25, 0.3) is 5.91 Å². The summed E-state index contributed by atoms with van der Waals surface area (Å²) in [7, 11) is 0. The maximum absolute atomic E-state index is 12.2. The maximum Gasteiger partial charge on any atom is 0.257 e. The topological polar surface area (TPSA) is 72.7 Å². The third kappa shape index (κ3) is 2.90. The maximum atomic E-state index is 12.2. The summed E-state index contributed by atoms with van der Waals surface area (Å²) in [4.78, 5) is 16.1. The molecule has 0 saturated carbocycles. The molecule has 0 radical (unpaired) electrons. The number of carbonyl (C=O) groups excluding carboxylic acids is 1. The molecule has 0 fully saturated rings. The number of halogens is 1. The van der Waals surface area contributed by atoms with E-state index in [2.05, 4.69) is 20.5 Å². The Morgan fingerprint density at radius 3 is 2.48 bits per heavy atom. The minimum atomic E-state index is -0.276. The van der Waals surface area contributed by atoms with E-state index in [1.807, 2.05) is 0 Å². The van der Waals surface area contributed by atoms with Gasteiger partial charge in [0.2, 0.25) is 0 Å². The lowest BCUT2D eigenvalue weighted by Gasteiger charge is -2.08. The molecule has 0 aliphatic heterocycles. The smallest absolute Gasteiger partial charge is 0.257 e. The zero-order valence-electron chi connectivity index (χ0n) is 10.8. The van der Waals surface area contributed by atoms with Crippen molar-refractivity contribution in [3.05, 3.63) is 66.0 Å². The van der Waals surface area contributed by atoms with Crippen molar-refractivity contribution in [1.82, 2.24) is 19.7 Å². The summed E-state index contributed by atoms with van der Waals surface area (Å²) in [5.41, 5.74) is 1.84. The molecule has 0 saturated heterocycles. The normalized spacial score (nSPS) is 10.3. The van der Waals surface area contributed by atoms with Gasteiger partial charge in [-0.05, 0) is 30.3 Å². The van der Waals surface area contributed by atoms with Crippen LogP contribution in [-0.4, -0.2) is 25.7 Å². The van der Waals surface area contributed by atoms with Crippen molar-refractivity contribution in [3.8, 4) is 5.69 Å². The van der Waals surface area contributed by atoms with Gasteiger partial charge in [-0.15, -0.1) is 10.2 Å². The lowest BCUT2D eigenvalue weighted by atomic mass is 10.2. The van der Waals surface area contributed by atoms with Gasteiger partial charge < -0.3 is 5.32 Å². The third-order valence-electron chi connectivity index (χ3n) is 2.85. The Bertz CT molecular complexity index is 758. The number of nitrogens with zero attached hydrogens (tertiary/aromatic N) is 4. The van der Waals surface area contributed by atoms with E-state index in [-0.39, 0.29) is 5.91 Å². The van der Waals surface area contributed by atoms with Crippen LogP contribution in [0.15, 0.2) is 55.4 Å². The van der Waals surface area contributed by atoms with E-state index >= 15 is 0 Å². The molecule has 0 bridgehead atoms. The number of anilines is 1. The van der Waals surface area contributed by atoms with Gasteiger partial charge in [-0.1, -0.05) is 11.6 Å². The quantitative estimate of drug-likeness (QED) is 0.806. The van der Waals surface area contributed by atoms with Crippen LogP contribution in [-0.2, 0) is 0 Å². The highest BCUT2D eigenvalue weighted by Crippen LogP contribution is 2.21. The van der Waals surface area contributed by atoms with E-state index in [0.29, 0.717) is 16.3 Å². The Morgan fingerprint density at radius 2 is 1.81 bits per heavy atom. The number of amides is 1. The van der Waals surface area contributed by atoms with Crippen LogP contribution in [0.4, 0.5) is 5.69 Å². The monoisotopic (exact) mass is 299 g/mol. The average molecular weight is 300 g/mol. The number of carbonyl (C=O) groups is 1. The molecule has 2 aromatic heterocycles. The second-order valence-electron chi connectivity index (χ2n) is 4.22. The summed E-state index contributed by atoms with van der Waals surface area (Å²) in [6.45, 7) is 0. The molecule has 2 heterocycles. The lowest BCUT2D eigenvalue weighted by Crippen LogP contribution is -2.12. The van der Waals surface area contributed by atoms with Crippen molar-refractivity contribution in [2.24, 2.45) is 0 Å². The molecule has 3 aromatic rings. The van der Waals surface area contributed by atoms with Gasteiger partial charge in [0.1, 0.15) is 12.7 Å². The molecule has 1 amide bonds. The molecule has 0 aliphatic carbocycles. The Morgan fingerprint density at radius 1 is 1.10 bits per heavy atom. The summed E-state index contributed by atoms with van der Waals surface area (Å²) in [6, 6.07) is 8.53. The first-order chi connectivity index (χ1) is 10.2. The third-order valence-corrected chi connectivity index (χ3v) is 3.17. The highest BCUT2D eigenvalue weighted by Gasteiger charge is 2.11. The van der Waals surface area contributed by atoms with Gasteiger partial charge >= 0.3 is 0 Å². The van der Waals surface area contributed by atoms with Gasteiger partial charge in [0, 0.05) is 23.8 Å². The fraction of sp³-hybridized carbons (Fsp3) is 0. The van der Waals surface area contributed by atoms with Crippen LogP contribution >= 0.6 is 11.6 Å². The highest BCUT2D eigenvalue weighted by molar-refractivity contribution is 6.34. The Hall–Kier alpha value is -2.73. The molecule has 104 valence electrons. The van der Waals surface area contributed by atoms with E-state index in [0.717, 1.165) is 5.69 Å². The predicted octanol–water partition coefficient (Wildman–Crippen LogP) is 2.57. The standard InChI is InChI=1S/C14H10ClN5O/c15-13-7-11(20-8-17-18-9-20)1-2-12(13)14(21)19-10-3-5-16-6-4-10/h1-9H,(H,16,19,21). The fourth-order valence-corrected chi connectivity index (χ4v) is 2.08. The van der Waals surface area contributed by atoms with Crippen LogP contribution in [0.25, 0.3) is 5.69 Å². The van der Waals surface area contributed by atoms with E-state index in [9.17, 15) is 4.79 Å². The zero-order chi connectivity index (χ0) is 14.7. The molecule has 7 heteroatoms. The average Bonchev–Trinajstić information content (AvgIpc) is 3.02. The van der Waals surface area contributed by atoms with Crippen LogP contribution in [0.3, 0.4) is 0 Å².